The van der Waals surface area contributed by atoms with E-state index in [0.29, 0.717) is 29.4 Å². The molecule has 1 aromatic carbocycles. The van der Waals surface area contributed by atoms with Crippen LogP contribution >= 0.6 is 0 Å². The second-order valence-corrected chi connectivity index (χ2v) is 7.15. The molecule has 0 aliphatic carbocycles. The molecule has 1 N–H and O–H groups in total. The lowest BCUT2D eigenvalue weighted by Gasteiger charge is -2.22. The van der Waals surface area contributed by atoms with Crippen LogP contribution in [0.15, 0.2) is 41.4 Å². The van der Waals surface area contributed by atoms with E-state index < -0.39 is 17.3 Å². The molecule has 0 spiro atoms. The van der Waals surface area contributed by atoms with Crippen molar-refractivity contribution in [3.8, 4) is 11.1 Å². The quantitative estimate of drug-likeness (QED) is 0.697. The van der Waals surface area contributed by atoms with Crippen molar-refractivity contribution >= 4 is 5.91 Å². The van der Waals surface area contributed by atoms with Gasteiger partial charge in [-0.05, 0) is 45.6 Å². The number of aromatic nitrogens is 4. The highest BCUT2D eigenvalue weighted by Gasteiger charge is 2.30. The molecule has 9 heteroatoms. The summed E-state index contributed by atoms with van der Waals surface area (Å²) >= 11 is 0. The van der Waals surface area contributed by atoms with Gasteiger partial charge in [-0.2, -0.15) is 4.98 Å². The fourth-order valence-corrected chi connectivity index (χ4v) is 2.58. The van der Waals surface area contributed by atoms with E-state index in [9.17, 15) is 9.18 Å². The predicted octanol–water partition coefficient (Wildman–Crippen LogP) is 2.39. The number of carbonyl (C=O) groups is 1. The van der Waals surface area contributed by atoms with Crippen LogP contribution in [0.2, 0.25) is 0 Å². The Kier molecular flexibility index (Phi) is 5.46. The lowest BCUT2D eigenvalue weighted by atomic mass is 10.0. The van der Waals surface area contributed by atoms with Crippen molar-refractivity contribution in [3.05, 3.63) is 60.0 Å². The molecule has 2 aromatic heterocycles. The lowest BCUT2D eigenvalue weighted by Crippen LogP contribution is -2.42. The second kappa shape index (κ2) is 7.81. The average Bonchev–Trinajstić information content (AvgIpc) is 3.10. The highest BCUT2D eigenvalue weighted by molar-refractivity contribution is 5.95. The summed E-state index contributed by atoms with van der Waals surface area (Å²) in [4.78, 5) is 26.6. The first-order valence-corrected chi connectivity index (χ1v) is 8.61. The second-order valence-electron chi connectivity index (χ2n) is 7.15. The largest absolute Gasteiger partial charge is 0.340 e. The molecule has 0 bridgehead atoms. The van der Waals surface area contributed by atoms with Crippen molar-refractivity contribution in [3.63, 3.8) is 0 Å². The first-order valence-electron chi connectivity index (χ1n) is 8.61. The average molecular weight is 384 g/mol. The Bertz CT molecular complexity index is 972. The van der Waals surface area contributed by atoms with E-state index in [2.05, 4.69) is 25.4 Å². The Morgan fingerprint density at radius 3 is 2.57 bits per heavy atom. The van der Waals surface area contributed by atoms with Crippen LogP contribution in [0.4, 0.5) is 4.39 Å². The van der Waals surface area contributed by atoms with Crippen molar-refractivity contribution in [1.29, 1.82) is 0 Å². The molecule has 1 amide bonds. The SMILES string of the molecule is CN(C)Cc1nc(C(C)(C)NC(=O)c2ccc(-c3cncnc3)cc2F)no1. The molecule has 0 saturated heterocycles. The van der Waals surface area contributed by atoms with Gasteiger partial charge < -0.3 is 14.7 Å². The van der Waals surface area contributed by atoms with Crippen molar-refractivity contribution in [1.82, 2.24) is 30.3 Å². The maximum Gasteiger partial charge on any atom is 0.255 e. The van der Waals surface area contributed by atoms with Crippen LogP contribution in [0.1, 0.15) is 35.9 Å². The zero-order chi connectivity index (χ0) is 20.3. The van der Waals surface area contributed by atoms with E-state index in [1.165, 1.54) is 18.5 Å². The van der Waals surface area contributed by atoms with E-state index in [1.807, 2.05) is 19.0 Å². The molecule has 0 aliphatic rings. The van der Waals surface area contributed by atoms with Gasteiger partial charge in [0.1, 0.15) is 12.1 Å². The highest BCUT2D eigenvalue weighted by atomic mass is 19.1. The number of nitrogens with zero attached hydrogens (tertiary/aromatic N) is 5. The van der Waals surface area contributed by atoms with Gasteiger partial charge in [-0.3, -0.25) is 4.79 Å². The van der Waals surface area contributed by atoms with Gasteiger partial charge in [-0.25, -0.2) is 14.4 Å². The smallest absolute Gasteiger partial charge is 0.255 e. The summed E-state index contributed by atoms with van der Waals surface area (Å²) in [7, 11) is 3.76. The van der Waals surface area contributed by atoms with Crippen molar-refractivity contribution in [2.75, 3.05) is 14.1 Å². The monoisotopic (exact) mass is 384 g/mol. The summed E-state index contributed by atoms with van der Waals surface area (Å²) < 4.78 is 19.8. The molecule has 146 valence electrons. The van der Waals surface area contributed by atoms with Gasteiger partial charge in [0.15, 0.2) is 5.82 Å². The predicted molar refractivity (Wildman–Crippen MR) is 99.6 cm³/mol. The van der Waals surface area contributed by atoms with E-state index in [-0.39, 0.29) is 5.56 Å². The number of halogens is 1. The Balaban J connectivity index is 1.77. The minimum Gasteiger partial charge on any atom is -0.340 e. The molecule has 3 aromatic rings. The van der Waals surface area contributed by atoms with E-state index in [0.717, 1.165) is 0 Å². The maximum absolute atomic E-state index is 14.6. The standard InChI is InChI=1S/C19H21FN6O2/c1-19(2,18-23-16(28-25-18)10-26(3)4)24-17(27)14-6-5-12(7-15(14)20)13-8-21-11-22-9-13/h5-9,11H,10H2,1-4H3,(H,24,27). The van der Waals surface area contributed by atoms with Crippen LogP contribution in [0.25, 0.3) is 11.1 Å². The zero-order valence-corrected chi connectivity index (χ0v) is 16.1. The van der Waals surface area contributed by atoms with Gasteiger partial charge in [0, 0.05) is 18.0 Å². The lowest BCUT2D eigenvalue weighted by molar-refractivity contribution is 0.0903. The van der Waals surface area contributed by atoms with Gasteiger partial charge in [-0.1, -0.05) is 11.2 Å². The number of amides is 1. The van der Waals surface area contributed by atoms with Crippen molar-refractivity contribution in [2.24, 2.45) is 0 Å². The third-order valence-electron chi connectivity index (χ3n) is 4.01. The summed E-state index contributed by atoms with van der Waals surface area (Å²) in [6.45, 7) is 3.93. The fraction of sp³-hybridized carbons (Fsp3) is 0.316. The summed E-state index contributed by atoms with van der Waals surface area (Å²) in [5.41, 5.74) is 0.226. The van der Waals surface area contributed by atoms with Crippen molar-refractivity contribution < 1.29 is 13.7 Å². The fourth-order valence-electron chi connectivity index (χ4n) is 2.58. The van der Waals surface area contributed by atoms with E-state index in [4.69, 9.17) is 4.52 Å². The normalized spacial score (nSPS) is 11.6. The number of rotatable bonds is 6. The van der Waals surface area contributed by atoms with Gasteiger partial charge in [0.2, 0.25) is 5.89 Å². The molecule has 0 atom stereocenters. The van der Waals surface area contributed by atoms with Crippen molar-refractivity contribution in [2.45, 2.75) is 25.9 Å². The molecular formula is C19H21FN6O2. The van der Waals surface area contributed by atoms with Gasteiger partial charge >= 0.3 is 0 Å². The number of hydrogen-bond acceptors (Lipinski definition) is 7. The van der Waals surface area contributed by atoms with E-state index >= 15 is 0 Å². The molecule has 0 unspecified atom stereocenters. The summed E-state index contributed by atoms with van der Waals surface area (Å²) in [5, 5.41) is 6.68. The highest BCUT2D eigenvalue weighted by Crippen LogP contribution is 2.22. The molecular weight excluding hydrogens is 363 g/mol. The Hall–Kier alpha value is -3.20. The molecule has 28 heavy (non-hydrogen) atoms. The first-order chi connectivity index (χ1) is 13.3. The minimum absolute atomic E-state index is 0.0781. The Labute approximate surface area is 161 Å². The summed E-state index contributed by atoms with van der Waals surface area (Å²) in [6, 6.07) is 4.36. The van der Waals surface area contributed by atoms with E-state index in [1.54, 1.807) is 32.3 Å². The summed E-state index contributed by atoms with van der Waals surface area (Å²) in [6.07, 6.45) is 4.55. The number of benzene rings is 1. The molecule has 2 heterocycles. The summed E-state index contributed by atoms with van der Waals surface area (Å²) in [5.74, 6) is -0.465. The Morgan fingerprint density at radius 2 is 1.93 bits per heavy atom. The molecule has 0 saturated carbocycles. The minimum atomic E-state index is -0.941. The van der Waals surface area contributed by atoms with Crippen LogP contribution in [0.3, 0.4) is 0 Å². The molecule has 3 rings (SSSR count). The first kappa shape index (κ1) is 19.6. The molecule has 0 radical (unpaired) electrons. The van der Waals surface area contributed by atoms with Gasteiger partial charge in [-0.15, -0.1) is 0 Å². The van der Waals surface area contributed by atoms with Crippen LogP contribution in [-0.4, -0.2) is 45.0 Å². The number of carbonyl (C=O) groups excluding carboxylic acids is 1. The van der Waals surface area contributed by atoms with Crippen LogP contribution in [0.5, 0.6) is 0 Å². The van der Waals surface area contributed by atoms with Crippen LogP contribution in [0, 0.1) is 5.82 Å². The third kappa shape index (κ3) is 4.37. The molecule has 0 aliphatic heterocycles. The van der Waals surface area contributed by atoms with Crippen LogP contribution < -0.4 is 5.32 Å². The zero-order valence-electron chi connectivity index (χ0n) is 16.1. The van der Waals surface area contributed by atoms with Crippen LogP contribution in [-0.2, 0) is 12.1 Å². The van der Waals surface area contributed by atoms with Gasteiger partial charge in [0.05, 0.1) is 17.6 Å². The number of hydrogen-bond donors (Lipinski definition) is 1. The molecule has 0 fully saturated rings. The maximum atomic E-state index is 14.6. The number of nitrogens with one attached hydrogen (secondary N) is 1. The Morgan fingerprint density at radius 1 is 1.21 bits per heavy atom. The third-order valence-corrected chi connectivity index (χ3v) is 4.01. The topological polar surface area (TPSA) is 97.0 Å². The van der Waals surface area contributed by atoms with Gasteiger partial charge in [0.25, 0.3) is 5.91 Å². The molecule has 8 nitrogen and oxygen atoms in total.